The van der Waals surface area contributed by atoms with Gasteiger partial charge in [0.2, 0.25) is 0 Å². The van der Waals surface area contributed by atoms with Crippen molar-refractivity contribution in [3.05, 3.63) is 11.6 Å². The van der Waals surface area contributed by atoms with Gasteiger partial charge in [-0.05, 0) is 13.0 Å². The zero-order valence-electron chi connectivity index (χ0n) is 6.81. The zero-order chi connectivity index (χ0) is 7.98. The molecule has 0 aromatic heterocycles. The minimum absolute atomic E-state index is 0.263. The van der Waals surface area contributed by atoms with E-state index in [1.807, 2.05) is 20.8 Å². The monoisotopic (exact) mass is 158 g/mol. The summed E-state index contributed by atoms with van der Waals surface area (Å²) >= 11 is 1.69. The van der Waals surface area contributed by atoms with Crippen LogP contribution in [0.2, 0.25) is 0 Å². The lowest BCUT2D eigenvalue weighted by molar-refractivity contribution is -0.112. The lowest BCUT2D eigenvalue weighted by atomic mass is 10.2. The number of rotatable bonds is 0. The number of hydrogen-bond acceptors (Lipinski definition) is 2. The third-order valence-corrected chi connectivity index (χ3v) is 2.13. The quantitative estimate of drug-likeness (QED) is 0.538. The van der Waals surface area contributed by atoms with Crippen LogP contribution in [0.25, 0.3) is 0 Å². The van der Waals surface area contributed by atoms with Gasteiger partial charge in [-0.1, -0.05) is 19.4 Å². The van der Waals surface area contributed by atoms with Gasteiger partial charge in [-0.15, -0.1) is 11.8 Å². The summed E-state index contributed by atoms with van der Waals surface area (Å²) in [5.74, 6) is 1.97. The molecule has 0 fully saturated rings. The Morgan fingerprint density at radius 1 is 1.40 bits per heavy atom. The van der Waals surface area contributed by atoms with E-state index in [2.05, 4.69) is 0 Å². The molecular weight excluding hydrogens is 144 g/mol. The Labute approximate surface area is 66.9 Å². The average Bonchev–Trinajstić information content (AvgIpc) is 1.91. The van der Waals surface area contributed by atoms with E-state index in [4.69, 9.17) is 0 Å². The topological polar surface area (TPSA) is 17.1 Å². The van der Waals surface area contributed by atoms with Crippen LogP contribution < -0.4 is 0 Å². The predicted octanol–water partition coefficient (Wildman–Crippen LogP) is 2.27. The number of carbonyl (C=O) groups is 1. The predicted molar refractivity (Wildman–Crippen MR) is 47.4 cm³/mol. The van der Waals surface area contributed by atoms with Crippen LogP contribution in [0.5, 0.6) is 0 Å². The standard InChI is InChI=1S/C6H8OS.C2H6/c1-5-2-6(7)4-8-3-5;1-2/h2H,3-4H2,1H3;1-2H3. The molecule has 1 aliphatic rings. The van der Waals surface area contributed by atoms with Gasteiger partial charge in [0.1, 0.15) is 0 Å². The minimum Gasteiger partial charge on any atom is -0.294 e. The number of allylic oxidation sites excluding steroid dienone is 1. The highest BCUT2D eigenvalue weighted by molar-refractivity contribution is 8.00. The first-order chi connectivity index (χ1) is 4.79. The third kappa shape index (κ3) is 3.72. The largest absolute Gasteiger partial charge is 0.294 e. The molecule has 0 radical (unpaired) electrons. The summed E-state index contributed by atoms with van der Waals surface area (Å²) in [6, 6.07) is 0. The molecule has 0 saturated heterocycles. The summed E-state index contributed by atoms with van der Waals surface area (Å²) in [5.41, 5.74) is 1.20. The summed E-state index contributed by atoms with van der Waals surface area (Å²) in [7, 11) is 0. The summed E-state index contributed by atoms with van der Waals surface area (Å²) in [6.07, 6.45) is 1.73. The fraction of sp³-hybridized carbons (Fsp3) is 0.625. The molecule has 0 spiro atoms. The Morgan fingerprint density at radius 2 is 2.00 bits per heavy atom. The number of hydrogen-bond donors (Lipinski definition) is 0. The highest BCUT2D eigenvalue weighted by atomic mass is 32.2. The van der Waals surface area contributed by atoms with E-state index in [0.717, 1.165) is 5.75 Å². The highest BCUT2D eigenvalue weighted by Crippen LogP contribution is 2.12. The van der Waals surface area contributed by atoms with Crippen LogP contribution >= 0.6 is 11.8 Å². The van der Waals surface area contributed by atoms with Crippen molar-refractivity contribution in [2.75, 3.05) is 11.5 Å². The van der Waals surface area contributed by atoms with Gasteiger partial charge < -0.3 is 0 Å². The first kappa shape index (κ1) is 9.76. The summed E-state index contributed by atoms with van der Waals surface area (Å²) in [5, 5.41) is 0. The molecule has 0 N–H and O–H groups in total. The maximum atomic E-state index is 10.6. The van der Waals surface area contributed by atoms with Gasteiger partial charge in [0.25, 0.3) is 0 Å². The molecule has 0 amide bonds. The van der Waals surface area contributed by atoms with Crippen molar-refractivity contribution >= 4 is 17.5 Å². The van der Waals surface area contributed by atoms with E-state index in [1.165, 1.54) is 5.57 Å². The smallest absolute Gasteiger partial charge is 0.165 e. The maximum Gasteiger partial charge on any atom is 0.165 e. The molecule has 0 aliphatic carbocycles. The van der Waals surface area contributed by atoms with Crippen LogP contribution in [0.15, 0.2) is 11.6 Å². The first-order valence-corrected chi connectivity index (χ1v) is 4.72. The van der Waals surface area contributed by atoms with Gasteiger partial charge in [0.15, 0.2) is 5.78 Å². The van der Waals surface area contributed by atoms with Crippen molar-refractivity contribution in [2.24, 2.45) is 0 Å². The molecule has 0 atom stereocenters. The highest BCUT2D eigenvalue weighted by Gasteiger charge is 2.04. The Kier molecular flexibility index (Phi) is 5.40. The van der Waals surface area contributed by atoms with Gasteiger partial charge in [0.05, 0.1) is 5.75 Å². The van der Waals surface area contributed by atoms with Crippen LogP contribution in [0.3, 0.4) is 0 Å². The fourth-order valence-corrected chi connectivity index (χ4v) is 1.46. The molecule has 1 aliphatic heterocycles. The lowest BCUT2D eigenvalue weighted by Crippen LogP contribution is -2.04. The maximum absolute atomic E-state index is 10.6. The van der Waals surface area contributed by atoms with E-state index in [9.17, 15) is 4.79 Å². The normalized spacial score (nSPS) is 17.1. The van der Waals surface area contributed by atoms with Crippen LogP contribution in [0, 0.1) is 0 Å². The first-order valence-electron chi connectivity index (χ1n) is 3.57. The minimum atomic E-state index is 0.263. The molecule has 10 heavy (non-hydrogen) atoms. The molecule has 0 unspecified atom stereocenters. The van der Waals surface area contributed by atoms with E-state index < -0.39 is 0 Å². The molecule has 1 heterocycles. The van der Waals surface area contributed by atoms with E-state index >= 15 is 0 Å². The van der Waals surface area contributed by atoms with Crippen LogP contribution in [0.1, 0.15) is 20.8 Å². The Morgan fingerprint density at radius 3 is 2.30 bits per heavy atom. The SMILES string of the molecule is CC.CC1=CC(=O)CSC1. The summed E-state index contributed by atoms with van der Waals surface area (Å²) in [6.45, 7) is 5.99. The summed E-state index contributed by atoms with van der Waals surface area (Å²) in [4.78, 5) is 10.6. The number of carbonyl (C=O) groups excluding carboxylic acids is 1. The molecule has 0 aromatic rings. The van der Waals surface area contributed by atoms with E-state index in [0.29, 0.717) is 5.75 Å². The van der Waals surface area contributed by atoms with Crippen LogP contribution in [-0.2, 0) is 4.79 Å². The molecule has 58 valence electrons. The van der Waals surface area contributed by atoms with E-state index in [1.54, 1.807) is 17.8 Å². The zero-order valence-corrected chi connectivity index (χ0v) is 7.62. The van der Waals surface area contributed by atoms with Gasteiger partial charge in [-0.25, -0.2) is 0 Å². The summed E-state index contributed by atoms with van der Waals surface area (Å²) < 4.78 is 0. The molecule has 1 rings (SSSR count). The lowest BCUT2D eigenvalue weighted by Gasteiger charge is -2.04. The number of ketones is 1. The van der Waals surface area contributed by atoms with Gasteiger partial charge in [-0.3, -0.25) is 4.79 Å². The number of thioether (sulfide) groups is 1. The van der Waals surface area contributed by atoms with Crippen molar-refractivity contribution < 1.29 is 4.79 Å². The molecule has 1 nitrogen and oxygen atoms in total. The third-order valence-electron chi connectivity index (χ3n) is 0.981. The molecule has 0 bridgehead atoms. The molecule has 0 aromatic carbocycles. The van der Waals surface area contributed by atoms with Crippen molar-refractivity contribution in [1.82, 2.24) is 0 Å². The van der Waals surface area contributed by atoms with Crippen molar-refractivity contribution in [1.29, 1.82) is 0 Å². The molecular formula is C8H14OS. The second-order valence-corrected chi connectivity index (χ2v) is 2.94. The van der Waals surface area contributed by atoms with Gasteiger partial charge in [-0.2, -0.15) is 0 Å². The van der Waals surface area contributed by atoms with Crippen LogP contribution in [0.4, 0.5) is 0 Å². The average molecular weight is 158 g/mol. The Hall–Kier alpha value is -0.240. The molecule has 0 saturated carbocycles. The second-order valence-electron chi connectivity index (χ2n) is 1.95. The van der Waals surface area contributed by atoms with Gasteiger partial charge in [0, 0.05) is 5.75 Å². The Balaban J connectivity index is 0.000000371. The van der Waals surface area contributed by atoms with E-state index in [-0.39, 0.29) is 5.78 Å². The fourth-order valence-electron chi connectivity index (χ4n) is 0.671. The van der Waals surface area contributed by atoms with Crippen molar-refractivity contribution in [3.8, 4) is 0 Å². The Bertz CT molecular complexity index is 138. The van der Waals surface area contributed by atoms with Gasteiger partial charge >= 0.3 is 0 Å². The van der Waals surface area contributed by atoms with Crippen molar-refractivity contribution in [3.63, 3.8) is 0 Å². The second kappa shape index (κ2) is 5.54. The van der Waals surface area contributed by atoms with Crippen molar-refractivity contribution in [2.45, 2.75) is 20.8 Å². The van der Waals surface area contributed by atoms with Crippen LogP contribution in [-0.4, -0.2) is 17.3 Å². The molecule has 2 heteroatoms.